The van der Waals surface area contributed by atoms with E-state index in [1.807, 2.05) is 0 Å². The second kappa shape index (κ2) is 4.69. The first-order chi connectivity index (χ1) is 7.66. The Kier molecular flexibility index (Phi) is 3.28. The number of rotatable bonds is 2. The molecule has 0 bridgehead atoms. The van der Waals surface area contributed by atoms with Crippen molar-refractivity contribution >= 4 is 0 Å². The van der Waals surface area contributed by atoms with Crippen LogP contribution in [-0.4, -0.2) is 0 Å². The van der Waals surface area contributed by atoms with Gasteiger partial charge in [0.15, 0.2) is 0 Å². The molecule has 2 unspecified atom stereocenters. The van der Waals surface area contributed by atoms with Gasteiger partial charge < -0.3 is 0 Å². The van der Waals surface area contributed by atoms with Gasteiger partial charge in [-0.15, -0.1) is 0 Å². The van der Waals surface area contributed by atoms with Crippen LogP contribution in [0, 0.1) is 12.8 Å². The van der Waals surface area contributed by atoms with Crippen molar-refractivity contribution in [2.24, 2.45) is 5.92 Å². The molecule has 84 valence electrons. The molecule has 0 aliphatic heterocycles. The topological polar surface area (TPSA) is 0 Å². The fraction of sp³-hybridized carbons (Fsp3) is 0.375. The summed E-state index contributed by atoms with van der Waals surface area (Å²) in [5.74, 6) is 1.27. The van der Waals surface area contributed by atoms with E-state index in [0.29, 0.717) is 11.8 Å². The van der Waals surface area contributed by atoms with E-state index in [4.69, 9.17) is 0 Å². The molecule has 0 radical (unpaired) electrons. The highest BCUT2D eigenvalue weighted by molar-refractivity contribution is 5.28. The molecule has 0 saturated carbocycles. The van der Waals surface area contributed by atoms with Gasteiger partial charge in [-0.05, 0) is 37.7 Å². The van der Waals surface area contributed by atoms with Gasteiger partial charge in [-0.2, -0.15) is 0 Å². The first-order valence-corrected chi connectivity index (χ1v) is 6.08. The third-order valence-electron chi connectivity index (χ3n) is 3.56. The zero-order valence-corrected chi connectivity index (χ0v) is 10.4. The second-order valence-corrected chi connectivity index (χ2v) is 4.91. The minimum Gasteiger partial charge on any atom is -0.0810 e. The highest BCUT2D eigenvalue weighted by Crippen LogP contribution is 2.31. The predicted molar refractivity (Wildman–Crippen MR) is 70.6 cm³/mol. The van der Waals surface area contributed by atoms with Crippen molar-refractivity contribution in [2.45, 2.75) is 33.1 Å². The summed E-state index contributed by atoms with van der Waals surface area (Å²) in [5.41, 5.74) is 4.19. The Morgan fingerprint density at radius 1 is 1.12 bits per heavy atom. The van der Waals surface area contributed by atoms with Crippen LogP contribution in [0.3, 0.4) is 0 Å². The van der Waals surface area contributed by atoms with Crippen LogP contribution in [-0.2, 0) is 0 Å². The lowest BCUT2D eigenvalue weighted by Crippen LogP contribution is -2.09. The SMILES string of the molecule is CC1=CCC(C(C)c2ccc(C)cc2)C=C1. The highest BCUT2D eigenvalue weighted by Gasteiger charge is 2.16. The molecule has 1 aliphatic carbocycles. The number of benzene rings is 1. The van der Waals surface area contributed by atoms with Gasteiger partial charge in [0.1, 0.15) is 0 Å². The van der Waals surface area contributed by atoms with Crippen LogP contribution in [0.5, 0.6) is 0 Å². The zero-order valence-electron chi connectivity index (χ0n) is 10.4. The van der Waals surface area contributed by atoms with Crippen LogP contribution in [0.25, 0.3) is 0 Å². The molecule has 2 atom stereocenters. The molecule has 0 aromatic heterocycles. The molecule has 1 aromatic carbocycles. The molecule has 0 heteroatoms. The van der Waals surface area contributed by atoms with Crippen molar-refractivity contribution in [3.05, 3.63) is 59.2 Å². The van der Waals surface area contributed by atoms with E-state index in [-0.39, 0.29) is 0 Å². The molecule has 1 aromatic rings. The molecule has 16 heavy (non-hydrogen) atoms. The van der Waals surface area contributed by atoms with Crippen molar-refractivity contribution < 1.29 is 0 Å². The van der Waals surface area contributed by atoms with Crippen LogP contribution in [0.4, 0.5) is 0 Å². The van der Waals surface area contributed by atoms with Crippen LogP contribution in [0.1, 0.15) is 37.3 Å². The maximum absolute atomic E-state index is 2.36. The Labute approximate surface area is 98.7 Å². The van der Waals surface area contributed by atoms with Gasteiger partial charge in [0.2, 0.25) is 0 Å². The third kappa shape index (κ3) is 2.44. The minimum atomic E-state index is 0.612. The zero-order chi connectivity index (χ0) is 11.5. The van der Waals surface area contributed by atoms with Crippen molar-refractivity contribution in [3.8, 4) is 0 Å². The first kappa shape index (κ1) is 11.2. The number of hydrogen-bond acceptors (Lipinski definition) is 0. The van der Waals surface area contributed by atoms with Crippen LogP contribution >= 0.6 is 0 Å². The largest absolute Gasteiger partial charge is 0.0810 e. The lowest BCUT2D eigenvalue weighted by Gasteiger charge is -2.22. The van der Waals surface area contributed by atoms with Crippen LogP contribution in [0.2, 0.25) is 0 Å². The Morgan fingerprint density at radius 2 is 1.81 bits per heavy atom. The maximum Gasteiger partial charge on any atom is -0.0124 e. The summed E-state index contributed by atoms with van der Waals surface area (Å²) >= 11 is 0. The molecule has 0 fully saturated rings. The van der Waals surface area contributed by atoms with E-state index in [2.05, 4.69) is 63.3 Å². The van der Waals surface area contributed by atoms with Gasteiger partial charge in [-0.1, -0.05) is 60.6 Å². The van der Waals surface area contributed by atoms with Crippen molar-refractivity contribution in [3.63, 3.8) is 0 Å². The molecule has 1 aliphatic rings. The average Bonchev–Trinajstić information content (AvgIpc) is 2.30. The molecule has 0 saturated heterocycles. The molecule has 0 heterocycles. The molecule has 0 N–H and O–H groups in total. The molecular formula is C16H20. The van der Waals surface area contributed by atoms with Crippen LogP contribution in [0.15, 0.2) is 48.1 Å². The quantitative estimate of drug-likeness (QED) is 0.671. The summed E-state index contributed by atoms with van der Waals surface area (Å²) in [6, 6.07) is 8.94. The summed E-state index contributed by atoms with van der Waals surface area (Å²) < 4.78 is 0. The lowest BCUT2D eigenvalue weighted by molar-refractivity contribution is 0.542. The Bertz CT molecular complexity index is 406. The summed E-state index contributed by atoms with van der Waals surface area (Å²) in [5, 5.41) is 0. The molecule has 0 amide bonds. The van der Waals surface area contributed by atoms with Gasteiger partial charge in [0, 0.05) is 0 Å². The predicted octanol–water partition coefficient (Wildman–Crippen LogP) is 4.62. The average molecular weight is 212 g/mol. The van der Waals surface area contributed by atoms with Gasteiger partial charge in [-0.25, -0.2) is 0 Å². The Morgan fingerprint density at radius 3 is 2.38 bits per heavy atom. The van der Waals surface area contributed by atoms with Gasteiger partial charge in [-0.3, -0.25) is 0 Å². The Balaban J connectivity index is 2.11. The summed E-state index contributed by atoms with van der Waals surface area (Å²) in [4.78, 5) is 0. The monoisotopic (exact) mass is 212 g/mol. The Hall–Kier alpha value is -1.30. The van der Waals surface area contributed by atoms with Crippen molar-refractivity contribution in [1.82, 2.24) is 0 Å². The van der Waals surface area contributed by atoms with E-state index in [1.54, 1.807) is 0 Å². The smallest absolute Gasteiger partial charge is 0.0124 e. The van der Waals surface area contributed by atoms with Gasteiger partial charge in [0.05, 0.1) is 0 Å². The second-order valence-electron chi connectivity index (χ2n) is 4.91. The first-order valence-electron chi connectivity index (χ1n) is 6.08. The minimum absolute atomic E-state index is 0.612. The summed E-state index contributed by atoms with van der Waals surface area (Å²) in [7, 11) is 0. The number of allylic oxidation sites excluding steroid dienone is 4. The standard InChI is InChI=1S/C16H20/c1-12-4-8-15(9-5-12)14(3)16-10-6-13(2)7-11-16/h4-10,14,16H,11H2,1-3H3. The summed E-state index contributed by atoms with van der Waals surface area (Å²) in [6.45, 7) is 6.64. The van der Waals surface area contributed by atoms with Gasteiger partial charge in [0.25, 0.3) is 0 Å². The van der Waals surface area contributed by atoms with E-state index >= 15 is 0 Å². The van der Waals surface area contributed by atoms with E-state index < -0.39 is 0 Å². The number of hydrogen-bond donors (Lipinski definition) is 0. The van der Waals surface area contributed by atoms with E-state index in [9.17, 15) is 0 Å². The lowest BCUT2D eigenvalue weighted by atomic mass is 9.82. The molecule has 2 rings (SSSR count). The van der Waals surface area contributed by atoms with E-state index in [0.717, 1.165) is 0 Å². The molecule has 0 spiro atoms. The van der Waals surface area contributed by atoms with Crippen molar-refractivity contribution in [1.29, 1.82) is 0 Å². The van der Waals surface area contributed by atoms with Crippen molar-refractivity contribution in [2.75, 3.05) is 0 Å². The fourth-order valence-corrected chi connectivity index (χ4v) is 2.23. The molecule has 0 nitrogen and oxygen atoms in total. The van der Waals surface area contributed by atoms with Crippen LogP contribution < -0.4 is 0 Å². The summed E-state index contributed by atoms with van der Waals surface area (Å²) in [6.07, 6.45) is 8.13. The maximum atomic E-state index is 2.36. The van der Waals surface area contributed by atoms with E-state index in [1.165, 1.54) is 23.1 Å². The number of aryl methyl sites for hydroxylation is 1. The highest BCUT2D eigenvalue weighted by atomic mass is 14.2. The molecular weight excluding hydrogens is 192 g/mol. The fourth-order valence-electron chi connectivity index (χ4n) is 2.23. The van der Waals surface area contributed by atoms with Gasteiger partial charge >= 0.3 is 0 Å². The third-order valence-corrected chi connectivity index (χ3v) is 3.56. The normalized spacial score (nSPS) is 21.7.